The Kier molecular flexibility index (Phi) is 7.42. The first-order chi connectivity index (χ1) is 15.4. The molecule has 0 radical (unpaired) electrons. The summed E-state index contributed by atoms with van der Waals surface area (Å²) in [5.41, 5.74) is 4.04. The molecule has 2 aliphatic rings. The predicted molar refractivity (Wildman–Crippen MR) is 130 cm³/mol. The third kappa shape index (κ3) is 5.85. The largest absolute Gasteiger partial charge is 0.490 e. The molecule has 1 fully saturated rings. The normalized spacial score (nSPS) is 23.3. The van der Waals surface area contributed by atoms with Crippen LogP contribution in [0, 0.1) is 12.3 Å². The van der Waals surface area contributed by atoms with Crippen molar-refractivity contribution in [2.75, 3.05) is 20.3 Å². The van der Waals surface area contributed by atoms with Gasteiger partial charge in [-0.05, 0) is 80.3 Å². The Morgan fingerprint density at radius 2 is 1.81 bits per heavy atom. The van der Waals surface area contributed by atoms with Gasteiger partial charge in [0.2, 0.25) is 0 Å². The molecule has 1 aliphatic heterocycles. The van der Waals surface area contributed by atoms with E-state index in [0.29, 0.717) is 12.1 Å². The van der Waals surface area contributed by atoms with Crippen LogP contribution in [-0.4, -0.2) is 32.4 Å². The molecule has 0 bridgehead atoms. The van der Waals surface area contributed by atoms with Gasteiger partial charge in [-0.1, -0.05) is 38.1 Å². The van der Waals surface area contributed by atoms with Crippen LogP contribution in [0.2, 0.25) is 0 Å². The fourth-order valence-electron chi connectivity index (χ4n) is 5.04. The standard InChI is InChI=1S/C28H39NO3/c1-20-7-5-6-8-25(20)27-15-9-21-17-24(14-16-26(21)32-27)31-23-12-10-22(11-13-23)29-18-28(2,3)19-30-4/h5-8,14,16-17,22-23,27,29H,9-13,15,18-19H2,1-4H3. The zero-order valence-electron chi connectivity index (χ0n) is 20.2. The molecule has 174 valence electrons. The van der Waals surface area contributed by atoms with Crippen molar-refractivity contribution in [2.24, 2.45) is 5.41 Å². The monoisotopic (exact) mass is 437 g/mol. The van der Waals surface area contributed by atoms with Gasteiger partial charge in [-0.15, -0.1) is 0 Å². The van der Waals surface area contributed by atoms with Crippen LogP contribution < -0.4 is 14.8 Å². The first-order valence-corrected chi connectivity index (χ1v) is 12.2. The zero-order valence-corrected chi connectivity index (χ0v) is 20.2. The van der Waals surface area contributed by atoms with Gasteiger partial charge in [0, 0.05) is 25.1 Å². The first-order valence-electron chi connectivity index (χ1n) is 12.2. The molecule has 0 aromatic heterocycles. The molecule has 1 aliphatic carbocycles. The van der Waals surface area contributed by atoms with E-state index < -0.39 is 0 Å². The highest BCUT2D eigenvalue weighted by molar-refractivity contribution is 5.43. The minimum atomic E-state index is 0.145. The topological polar surface area (TPSA) is 39.7 Å². The summed E-state index contributed by atoms with van der Waals surface area (Å²) in [5.74, 6) is 1.99. The van der Waals surface area contributed by atoms with Crippen LogP contribution in [0.25, 0.3) is 0 Å². The van der Waals surface area contributed by atoms with Gasteiger partial charge in [-0.3, -0.25) is 0 Å². The van der Waals surface area contributed by atoms with E-state index in [-0.39, 0.29) is 11.5 Å². The predicted octanol–water partition coefficient (Wildman–Crippen LogP) is 6.01. The second-order valence-corrected chi connectivity index (χ2v) is 10.3. The fourth-order valence-corrected chi connectivity index (χ4v) is 5.04. The molecule has 2 aromatic carbocycles. The second-order valence-electron chi connectivity index (χ2n) is 10.3. The lowest BCUT2D eigenvalue weighted by Crippen LogP contribution is -2.42. The SMILES string of the molecule is COCC(C)(C)CNC1CCC(Oc2ccc3c(c2)CCC(c2ccccc2C)O3)CC1. The van der Waals surface area contributed by atoms with Gasteiger partial charge in [0.1, 0.15) is 17.6 Å². The molecule has 4 nitrogen and oxygen atoms in total. The van der Waals surface area contributed by atoms with E-state index in [9.17, 15) is 0 Å². The Hall–Kier alpha value is -2.04. The molecule has 4 rings (SSSR count). The molecule has 1 N–H and O–H groups in total. The molecule has 1 heterocycles. The lowest BCUT2D eigenvalue weighted by molar-refractivity contribution is 0.0942. The van der Waals surface area contributed by atoms with Gasteiger partial charge in [0.15, 0.2) is 0 Å². The van der Waals surface area contributed by atoms with Crippen molar-refractivity contribution in [3.63, 3.8) is 0 Å². The first kappa shape index (κ1) is 23.1. The van der Waals surface area contributed by atoms with Crippen LogP contribution in [0.1, 0.15) is 68.7 Å². The number of hydrogen-bond acceptors (Lipinski definition) is 4. The minimum Gasteiger partial charge on any atom is -0.490 e. The van der Waals surface area contributed by atoms with Crippen LogP contribution in [-0.2, 0) is 11.2 Å². The highest BCUT2D eigenvalue weighted by Crippen LogP contribution is 2.38. The van der Waals surface area contributed by atoms with E-state index in [2.05, 4.69) is 68.6 Å². The maximum Gasteiger partial charge on any atom is 0.124 e. The highest BCUT2D eigenvalue weighted by atomic mass is 16.5. The molecule has 0 amide bonds. The number of hydrogen-bond donors (Lipinski definition) is 1. The Labute approximate surface area is 193 Å². The zero-order chi connectivity index (χ0) is 22.6. The van der Waals surface area contributed by atoms with Crippen molar-refractivity contribution >= 4 is 0 Å². The summed E-state index contributed by atoms with van der Waals surface area (Å²) in [6, 6.07) is 15.5. The third-order valence-electron chi connectivity index (χ3n) is 6.89. The smallest absolute Gasteiger partial charge is 0.124 e. The van der Waals surface area contributed by atoms with Crippen molar-refractivity contribution < 1.29 is 14.2 Å². The quantitative estimate of drug-likeness (QED) is 0.549. The van der Waals surface area contributed by atoms with E-state index in [0.717, 1.165) is 50.3 Å². The number of benzene rings is 2. The summed E-state index contributed by atoms with van der Waals surface area (Å²) in [6.45, 7) is 8.44. The highest BCUT2D eigenvalue weighted by Gasteiger charge is 2.26. The van der Waals surface area contributed by atoms with Crippen LogP contribution in [0.3, 0.4) is 0 Å². The van der Waals surface area contributed by atoms with E-state index in [1.54, 1.807) is 7.11 Å². The molecule has 0 saturated heterocycles. The minimum absolute atomic E-state index is 0.145. The molecule has 32 heavy (non-hydrogen) atoms. The Balaban J connectivity index is 1.28. The van der Waals surface area contributed by atoms with Crippen LogP contribution in [0.15, 0.2) is 42.5 Å². The average molecular weight is 438 g/mol. The van der Waals surface area contributed by atoms with Crippen LogP contribution in [0.5, 0.6) is 11.5 Å². The fraction of sp³-hybridized carbons (Fsp3) is 0.571. The molecule has 1 saturated carbocycles. The number of rotatable bonds is 8. The Morgan fingerprint density at radius 1 is 1.03 bits per heavy atom. The number of fused-ring (bicyclic) bond motifs is 1. The summed E-state index contributed by atoms with van der Waals surface area (Å²) >= 11 is 0. The molecule has 2 aromatic rings. The van der Waals surface area contributed by atoms with E-state index in [4.69, 9.17) is 14.2 Å². The molecule has 1 unspecified atom stereocenters. The summed E-state index contributed by atoms with van der Waals surface area (Å²) in [5, 5.41) is 3.74. The number of ether oxygens (including phenoxy) is 3. The number of aryl methyl sites for hydroxylation is 2. The van der Waals surface area contributed by atoms with Crippen molar-refractivity contribution in [1.82, 2.24) is 5.32 Å². The maximum absolute atomic E-state index is 6.38. The summed E-state index contributed by atoms with van der Waals surface area (Å²) in [4.78, 5) is 0. The van der Waals surface area contributed by atoms with Crippen LogP contribution in [0.4, 0.5) is 0 Å². The van der Waals surface area contributed by atoms with Crippen molar-refractivity contribution in [3.05, 3.63) is 59.2 Å². The van der Waals surface area contributed by atoms with E-state index in [1.807, 2.05) is 0 Å². The lowest BCUT2D eigenvalue weighted by Gasteiger charge is -2.33. The molecule has 4 heteroatoms. The van der Waals surface area contributed by atoms with Gasteiger partial charge in [0.25, 0.3) is 0 Å². The van der Waals surface area contributed by atoms with Gasteiger partial charge < -0.3 is 19.5 Å². The third-order valence-corrected chi connectivity index (χ3v) is 6.89. The number of nitrogens with one attached hydrogen (secondary N) is 1. The Morgan fingerprint density at radius 3 is 2.56 bits per heavy atom. The lowest BCUT2D eigenvalue weighted by atomic mass is 9.90. The van der Waals surface area contributed by atoms with Gasteiger partial charge in [-0.25, -0.2) is 0 Å². The van der Waals surface area contributed by atoms with Crippen LogP contribution >= 0.6 is 0 Å². The van der Waals surface area contributed by atoms with Gasteiger partial charge in [0.05, 0.1) is 12.7 Å². The second kappa shape index (κ2) is 10.3. The summed E-state index contributed by atoms with van der Waals surface area (Å²) in [7, 11) is 1.78. The molecule has 0 spiro atoms. The van der Waals surface area contributed by atoms with Gasteiger partial charge in [-0.2, -0.15) is 0 Å². The molecular formula is C28H39NO3. The van der Waals surface area contributed by atoms with Gasteiger partial charge >= 0.3 is 0 Å². The molecule has 1 atom stereocenters. The average Bonchev–Trinajstić information content (AvgIpc) is 2.79. The maximum atomic E-state index is 6.38. The van der Waals surface area contributed by atoms with Crippen molar-refractivity contribution in [3.8, 4) is 11.5 Å². The van der Waals surface area contributed by atoms with Crippen molar-refractivity contribution in [2.45, 2.75) is 77.5 Å². The number of methoxy groups -OCH3 is 1. The Bertz CT molecular complexity index is 886. The van der Waals surface area contributed by atoms with E-state index >= 15 is 0 Å². The summed E-state index contributed by atoms with van der Waals surface area (Å²) in [6.07, 6.45) is 7.03. The summed E-state index contributed by atoms with van der Waals surface area (Å²) < 4.78 is 18.1. The van der Waals surface area contributed by atoms with E-state index in [1.165, 1.54) is 29.5 Å². The molecular weight excluding hydrogens is 398 g/mol. The van der Waals surface area contributed by atoms with Crippen molar-refractivity contribution in [1.29, 1.82) is 0 Å².